The van der Waals surface area contributed by atoms with Gasteiger partial charge in [-0.3, -0.25) is 4.79 Å². The van der Waals surface area contributed by atoms with Crippen molar-refractivity contribution >= 4 is 5.69 Å². The van der Waals surface area contributed by atoms with E-state index in [4.69, 9.17) is 0 Å². The molecule has 0 amide bonds. The fourth-order valence-corrected chi connectivity index (χ4v) is 1.84. The molecule has 18 heavy (non-hydrogen) atoms. The largest absolute Gasteiger partial charge is 0.384 e. The van der Waals surface area contributed by atoms with Crippen LogP contribution in [0.2, 0.25) is 0 Å². The lowest BCUT2D eigenvalue weighted by Gasteiger charge is -2.07. The Kier molecular flexibility index (Phi) is 3.77. The summed E-state index contributed by atoms with van der Waals surface area (Å²) in [6.07, 6.45) is 1.68. The number of aryl methyl sites for hydroxylation is 1. The Morgan fingerprint density at radius 3 is 2.83 bits per heavy atom. The molecule has 2 aromatic rings. The van der Waals surface area contributed by atoms with Gasteiger partial charge < -0.3 is 5.32 Å². The van der Waals surface area contributed by atoms with E-state index in [1.807, 2.05) is 32.0 Å². The van der Waals surface area contributed by atoms with E-state index < -0.39 is 0 Å². The zero-order chi connectivity index (χ0) is 13.0. The lowest BCUT2D eigenvalue weighted by atomic mass is 10.1. The first-order valence-electron chi connectivity index (χ1n) is 6.05. The molecule has 0 saturated heterocycles. The van der Waals surface area contributed by atoms with Gasteiger partial charge in [0.2, 0.25) is 0 Å². The van der Waals surface area contributed by atoms with Crippen molar-refractivity contribution < 1.29 is 0 Å². The first-order valence-corrected chi connectivity index (χ1v) is 6.05. The fourth-order valence-electron chi connectivity index (χ4n) is 1.84. The highest BCUT2D eigenvalue weighted by atomic mass is 16.1. The first-order chi connectivity index (χ1) is 8.69. The van der Waals surface area contributed by atoms with Crippen molar-refractivity contribution in [3.05, 3.63) is 58.0 Å². The topological polar surface area (TPSA) is 46.9 Å². The van der Waals surface area contributed by atoms with Crippen molar-refractivity contribution in [1.29, 1.82) is 0 Å². The minimum atomic E-state index is -0.0880. The van der Waals surface area contributed by atoms with Crippen LogP contribution in [0.1, 0.15) is 18.1 Å². The number of hydrogen-bond acceptors (Lipinski definition) is 3. The second kappa shape index (κ2) is 5.49. The first kappa shape index (κ1) is 12.4. The fraction of sp³-hybridized carbons (Fsp3) is 0.286. The summed E-state index contributed by atoms with van der Waals surface area (Å²) in [7, 11) is 0. The van der Waals surface area contributed by atoms with Gasteiger partial charge in [0.25, 0.3) is 5.56 Å². The van der Waals surface area contributed by atoms with E-state index in [2.05, 4.69) is 16.5 Å². The van der Waals surface area contributed by atoms with Crippen LogP contribution in [0.4, 0.5) is 5.69 Å². The van der Waals surface area contributed by atoms with Gasteiger partial charge in [0.05, 0.1) is 18.4 Å². The number of rotatable bonds is 4. The molecule has 1 N–H and O–H groups in total. The normalized spacial score (nSPS) is 10.3. The molecule has 2 rings (SSSR count). The monoisotopic (exact) mass is 243 g/mol. The molecule has 0 aliphatic carbocycles. The summed E-state index contributed by atoms with van der Waals surface area (Å²) in [6.45, 7) is 5.31. The summed E-state index contributed by atoms with van der Waals surface area (Å²) in [5.74, 6) is 0. The third-order valence-corrected chi connectivity index (χ3v) is 2.67. The van der Waals surface area contributed by atoms with Crippen LogP contribution < -0.4 is 10.9 Å². The van der Waals surface area contributed by atoms with Crippen LogP contribution in [0, 0.1) is 6.92 Å². The smallest absolute Gasteiger partial charge is 0.269 e. The van der Waals surface area contributed by atoms with Crippen LogP contribution in [0.15, 0.2) is 41.3 Å². The molecule has 0 fully saturated rings. The lowest BCUT2D eigenvalue weighted by Crippen LogP contribution is -2.23. The van der Waals surface area contributed by atoms with Crippen molar-refractivity contribution in [2.24, 2.45) is 0 Å². The third-order valence-electron chi connectivity index (χ3n) is 2.67. The van der Waals surface area contributed by atoms with Crippen molar-refractivity contribution in [2.45, 2.75) is 20.4 Å². The van der Waals surface area contributed by atoms with Gasteiger partial charge >= 0.3 is 0 Å². The molecule has 1 heterocycles. The van der Waals surface area contributed by atoms with Gasteiger partial charge in [-0.1, -0.05) is 29.8 Å². The minimum absolute atomic E-state index is 0.0880. The van der Waals surface area contributed by atoms with Crippen LogP contribution in [-0.2, 0) is 6.54 Å². The van der Waals surface area contributed by atoms with E-state index in [1.165, 1.54) is 10.2 Å². The van der Waals surface area contributed by atoms with E-state index in [9.17, 15) is 4.79 Å². The SMILES string of the molecule is CCNc1cnn(Cc2cccc(C)c2)c(=O)c1. The van der Waals surface area contributed by atoms with E-state index in [0.717, 1.165) is 17.8 Å². The summed E-state index contributed by atoms with van der Waals surface area (Å²) < 4.78 is 1.47. The number of aromatic nitrogens is 2. The summed E-state index contributed by atoms with van der Waals surface area (Å²) in [4.78, 5) is 11.9. The second-order valence-electron chi connectivity index (χ2n) is 4.26. The van der Waals surface area contributed by atoms with Crippen LogP contribution in [0.5, 0.6) is 0 Å². The van der Waals surface area contributed by atoms with Crippen LogP contribution >= 0.6 is 0 Å². The Morgan fingerprint density at radius 2 is 2.17 bits per heavy atom. The van der Waals surface area contributed by atoms with Crippen LogP contribution in [-0.4, -0.2) is 16.3 Å². The molecule has 0 spiro atoms. The quantitative estimate of drug-likeness (QED) is 0.893. The molecule has 0 aliphatic heterocycles. The number of benzene rings is 1. The van der Waals surface area contributed by atoms with Gasteiger partial charge in [-0.15, -0.1) is 0 Å². The maximum absolute atomic E-state index is 11.9. The molecule has 4 nitrogen and oxygen atoms in total. The van der Waals surface area contributed by atoms with E-state index in [-0.39, 0.29) is 5.56 Å². The third kappa shape index (κ3) is 2.97. The van der Waals surface area contributed by atoms with Crippen LogP contribution in [0.25, 0.3) is 0 Å². The molecule has 0 saturated carbocycles. The Hall–Kier alpha value is -2.10. The van der Waals surface area contributed by atoms with Crippen molar-refractivity contribution in [1.82, 2.24) is 9.78 Å². The molecule has 4 heteroatoms. The Balaban J connectivity index is 2.22. The highest BCUT2D eigenvalue weighted by Crippen LogP contribution is 2.05. The van der Waals surface area contributed by atoms with Gasteiger partial charge in [0, 0.05) is 12.6 Å². The Bertz CT molecular complexity index is 590. The molecule has 0 atom stereocenters. The second-order valence-corrected chi connectivity index (χ2v) is 4.26. The zero-order valence-electron chi connectivity index (χ0n) is 10.7. The van der Waals surface area contributed by atoms with E-state index >= 15 is 0 Å². The van der Waals surface area contributed by atoms with Gasteiger partial charge in [0.1, 0.15) is 0 Å². The van der Waals surface area contributed by atoms with Gasteiger partial charge in [0.15, 0.2) is 0 Å². The zero-order valence-corrected chi connectivity index (χ0v) is 10.7. The standard InChI is InChI=1S/C14H17N3O/c1-3-15-13-8-14(18)17(16-9-13)10-12-6-4-5-11(2)7-12/h4-9,15H,3,10H2,1-2H3. The van der Waals surface area contributed by atoms with Gasteiger partial charge in [-0.2, -0.15) is 5.10 Å². The van der Waals surface area contributed by atoms with Gasteiger partial charge in [-0.25, -0.2) is 4.68 Å². The predicted molar refractivity (Wildman–Crippen MR) is 72.9 cm³/mol. The number of hydrogen-bond donors (Lipinski definition) is 1. The number of anilines is 1. The Morgan fingerprint density at radius 1 is 1.33 bits per heavy atom. The average molecular weight is 243 g/mol. The summed E-state index contributed by atoms with van der Waals surface area (Å²) in [5, 5.41) is 7.24. The van der Waals surface area contributed by atoms with Crippen molar-refractivity contribution in [2.75, 3.05) is 11.9 Å². The average Bonchev–Trinajstić information content (AvgIpc) is 2.33. The summed E-state index contributed by atoms with van der Waals surface area (Å²) >= 11 is 0. The lowest BCUT2D eigenvalue weighted by molar-refractivity contribution is 0.639. The Labute approximate surface area is 106 Å². The minimum Gasteiger partial charge on any atom is -0.384 e. The summed E-state index contributed by atoms with van der Waals surface area (Å²) in [5.41, 5.74) is 2.95. The highest BCUT2D eigenvalue weighted by Gasteiger charge is 2.01. The molecular formula is C14H17N3O. The maximum Gasteiger partial charge on any atom is 0.269 e. The van der Waals surface area contributed by atoms with Crippen molar-refractivity contribution in [3.63, 3.8) is 0 Å². The number of nitrogens with one attached hydrogen (secondary N) is 1. The molecule has 0 aliphatic rings. The maximum atomic E-state index is 11.9. The van der Waals surface area contributed by atoms with Gasteiger partial charge in [-0.05, 0) is 19.4 Å². The molecule has 1 aromatic carbocycles. The highest BCUT2D eigenvalue weighted by molar-refractivity contribution is 5.38. The van der Waals surface area contributed by atoms with E-state index in [0.29, 0.717) is 6.54 Å². The van der Waals surface area contributed by atoms with E-state index in [1.54, 1.807) is 12.3 Å². The molecule has 0 bridgehead atoms. The van der Waals surface area contributed by atoms with Crippen molar-refractivity contribution in [3.8, 4) is 0 Å². The number of nitrogens with zero attached hydrogens (tertiary/aromatic N) is 2. The molecule has 0 unspecified atom stereocenters. The predicted octanol–water partition coefficient (Wildman–Crippen LogP) is 2.03. The molecule has 94 valence electrons. The van der Waals surface area contributed by atoms with Crippen LogP contribution in [0.3, 0.4) is 0 Å². The molecule has 0 radical (unpaired) electrons. The summed E-state index contributed by atoms with van der Waals surface area (Å²) in [6, 6.07) is 9.66. The molecular weight excluding hydrogens is 226 g/mol. The molecule has 1 aromatic heterocycles.